The lowest BCUT2D eigenvalue weighted by Crippen LogP contribution is -2.14. The first kappa shape index (κ1) is 13.5. The zero-order chi connectivity index (χ0) is 12.8. The van der Waals surface area contributed by atoms with Crippen molar-refractivity contribution in [3.8, 4) is 5.75 Å². The van der Waals surface area contributed by atoms with Crippen molar-refractivity contribution in [1.82, 2.24) is 0 Å². The zero-order valence-corrected chi connectivity index (χ0v) is 11.1. The van der Waals surface area contributed by atoms with E-state index in [0.29, 0.717) is 17.1 Å². The lowest BCUT2D eigenvalue weighted by atomic mass is 10.2. The zero-order valence-electron chi connectivity index (χ0n) is 9.54. The molecule has 2 N–H and O–H groups in total. The van der Waals surface area contributed by atoms with Crippen molar-refractivity contribution >= 4 is 39.1 Å². The van der Waals surface area contributed by atoms with Gasteiger partial charge >= 0.3 is 0 Å². The van der Waals surface area contributed by atoms with Gasteiger partial charge in [0.05, 0.1) is 18.1 Å². The number of hydrogen-bond acceptors (Lipinski definition) is 3. The highest BCUT2D eigenvalue weighted by molar-refractivity contribution is 9.09. The molecule has 0 aliphatic heterocycles. The summed E-state index contributed by atoms with van der Waals surface area (Å²) >= 11 is 3.05. The summed E-state index contributed by atoms with van der Waals surface area (Å²) in [6.07, 6.45) is 0. The highest BCUT2D eigenvalue weighted by Crippen LogP contribution is 2.27. The Morgan fingerprint density at radius 3 is 2.59 bits per heavy atom. The Labute approximate surface area is 108 Å². The minimum Gasteiger partial charge on any atom is -0.495 e. The van der Waals surface area contributed by atoms with Crippen LogP contribution >= 0.6 is 15.9 Å². The average Bonchev–Trinajstić information content (AvgIpc) is 2.28. The minimum absolute atomic E-state index is 0.173. The largest absolute Gasteiger partial charge is 0.495 e. The summed E-state index contributed by atoms with van der Waals surface area (Å²) in [7, 11) is 1.51. The third kappa shape index (κ3) is 4.07. The molecule has 0 radical (unpaired) electrons. The summed E-state index contributed by atoms with van der Waals surface area (Å²) < 4.78 is 5.11. The molecular formula is C11H13BrN2O3. The number of alkyl halides is 1. The Morgan fingerprint density at radius 1 is 1.35 bits per heavy atom. The van der Waals surface area contributed by atoms with Gasteiger partial charge in [0.15, 0.2) is 0 Å². The molecule has 0 heterocycles. The lowest BCUT2D eigenvalue weighted by molar-refractivity contribution is -0.114. The van der Waals surface area contributed by atoms with Crippen LogP contribution in [-0.2, 0) is 9.59 Å². The van der Waals surface area contributed by atoms with Crippen molar-refractivity contribution in [2.75, 3.05) is 23.1 Å². The van der Waals surface area contributed by atoms with E-state index in [1.54, 1.807) is 18.2 Å². The van der Waals surface area contributed by atoms with Crippen LogP contribution in [0.4, 0.5) is 11.4 Å². The molecule has 0 aliphatic rings. The van der Waals surface area contributed by atoms with Gasteiger partial charge in [-0.2, -0.15) is 0 Å². The Hall–Kier alpha value is -1.56. The molecule has 0 saturated heterocycles. The molecular weight excluding hydrogens is 288 g/mol. The summed E-state index contributed by atoms with van der Waals surface area (Å²) in [6, 6.07) is 5.01. The Bertz CT molecular complexity index is 435. The summed E-state index contributed by atoms with van der Waals surface area (Å²) in [4.78, 5) is 22.2. The number of ether oxygens (including phenoxy) is 1. The summed E-state index contributed by atoms with van der Waals surface area (Å²) in [5.41, 5.74) is 1.12. The predicted molar refractivity (Wildman–Crippen MR) is 69.7 cm³/mol. The Kier molecular flexibility index (Phi) is 4.96. The van der Waals surface area contributed by atoms with Crippen LogP contribution in [0.15, 0.2) is 18.2 Å². The fourth-order valence-corrected chi connectivity index (χ4v) is 1.41. The van der Waals surface area contributed by atoms with E-state index in [-0.39, 0.29) is 17.1 Å². The maximum atomic E-state index is 11.3. The molecule has 0 unspecified atom stereocenters. The highest BCUT2D eigenvalue weighted by Gasteiger charge is 2.08. The monoisotopic (exact) mass is 300 g/mol. The molecule has 0 bridgehead atoms. The van der Waals surface area contributed by atoms with Crippen molar-refractivity contribution in [3.63, 3.8) is 0 Å². The molecule has 0 aliphatic carbocycles. The van der Waals surface area contributed by atoms with Gasteiger partial charge in [0.2, 0.25) is 11.8 Å². The number of amides is 2. The van der Waals surface area contributed by atoms with Crippen LogP contribution in [0.3, 0.4) is 0 Å². The summed E-state index contributed by atoms with van der Waals surface area (Å²) in [6.45, 7) is 1.42. The summed E-state index contributed by atoms with van der Waals surface area (Å²) in [5.74, 6) is 0.171. The van der Waals surface area contributed by atoms with Gasteiger partial charge in [-0.25, -0.2) is 0 Å². The van der Waals surface area contributed by atoms with Gasteiger partial charge in [-0.1, -0.05) is 15.9 Å². The minimum atomic E-state index is -0.191. The van der Waals surface area contributed by atoms with Crippen molar-refractivity contribution in [2.45, 2.75) is 6.92 Å². The second-order valence-corrected chi connectivity index (χ2v) is 3.84. The third-order valence-corrected chi connectivity index (χ3v) is 2.42. The molecule has 0 fully saturated rings. The van der Waals surface area contributed by atoms with Crippen molar-refractivity contribution < 1.29 is 14.3 Å². The number of halogens is 1. The number of anilines is 2. The van der Waals surface area contributed by atoms with Gasteiger partial charge in [0.1, 0.15) is 5.75 Å². The van der Waals surface area contributed by atoms with Crippen molar-refractivity contribution in [1.29, 1.82) is 0 Å². The summed E-state index contributed by atoms with van der Waals surface area (Å²) in [5, 5.41) is 5.49. The molecule has 1 aromatic carbocycles. The number of nitrogens with one attached hydrogen (secondary N) is 2. The van der Waals surface area contributed by atoms with E-state index in [1.165, 1.54) is 14.0 Å². The Balaban J connectivity index is 2.97. The molecule has 5 nitrogen and oxygen atoms in total. The number of carbonyl (C=O) groups excluding carboxylic acids is 2. The van der Waals surface area contributed by atoms with Gasteiger partial charge in [-0.3, -0.25) is 9.59 Å². The topological polar surface area (TPSA) is 67.4 Å². The molecule has 92 valence electrons. The van der Waals surface area contributed by atoms with Crippen LogP contribution in [-0.4, -0.2) is 24.3 Å². The highest BCUT2D eigenvalue weighted by atomic mass is 79.9. The molecule has 2 amide bonds. The standard InChI is InChI=1S/C11H13BrN2O3/c1-7(15)13-8-3-4-10(17-2)9(5-8)14-11(16)6-12/h3-5H,6H2,1-2H3,(H,13,15)(H,14,16). The van der Waals surface area contributed by atoms with Gasteiger partial charge in [-0.05, 0) is 18.2 Å². The predicted octanol–water partition coefficient (Wildman–Crippen LogP) is 1.99. The molecule has 0 spiro atoms. The third-order valence-electron chi connectivity index (χ3n) is 1.92. The molecule has 0 atom stereocenters. The molecule has 0 saturated carbocycles. The molecule has 1 rings (SSSR count). The van der Waals surface area contributed by atoms with Gasteiger partial charge in [0.25, 0.3) is 0 Å². The Morgan fingerprint density at radius 2 is 2.06 bits per heavy atom. The number of benzene rings is 1. The normalized spacial score (nSPS) is 9.59. The van der Waals surface area contributed by atoms with Gasteiger partial charge in [0, 0.05) is 12.6 Å². The van der Waals surface area contributed by atoms with Gasteiger partial charge < -0.3 is 15.4 Å². The van der Waals surface area contributed by atoms with Crippen LogP contribution in [0.25, 0.3) is 0 Å². The average molecular weight is 301 g/mol. The van der Waals surface area contributed by atoms with Crippen LogP contribution in [0, 0.1) is 0 Å². The number of methoxy groups -OCH3 is 1. The quantitative estimate of drug-likeness (QED) is 0.836. The van der Waals surface area contributed by atoms with Crippen LogP contribution < -0.4 is 15.4 Å². The first-order chi connectivity index (χ1) is 8.06. The van der Waals surface area contributed by atoms with E-state index in [4.69, 9.17) is 4.74 Å². The number of hydrogen-bond donors (Lipinski definition) is 2. The van der Waals surface area contributed by atoms with E-state index in [1.807, 2.05) is 0 Å². The molecule has 0 aromatic heterocycles. The maximum absolute atomic E-state index is 11.3. The number of rotatable bonds is 4. The van der Waals surface area contributed by atoms with Crippen molar-refractivity contribution in [3.05, 3.63) is 18.2 Å². The van der Waals surface area contributed by atoms with E-state index in [2.05, 4.69) is 26.6 Å². The van der Waals surface area contributed by atoms with E-state index >= 15 is 0 Å². The maximum Gasteiger partial charge on any atom is 0.235 e. The van der Waals surface area contributed by atoms with Crippen molar-refractivity contribution in [2.24, 2.45) is 0 Å². The van der Waals surface area contributed by atoms with Crippen LogP contribution in [0.5, 0.6) is 5.75 Å². The van der Waals surface area contributed by atoms with E-state index in [9.17, 15) is 9.59 Å². The van der Waals surface area contributed by atoms with E-state index in [0.717, 1.165) is 0 Å². The number of carbonyl (C=O) groups is 2. The first-order valence-corrected chi connectivity index (χ1v) is 6.00. The van der Waals surface area contributed by atoms with Gasteiger partial charge in [-0.15, -0.1) is 0 Å². The molecule has 6 heteroatoms. The second-order valence-electron chi connectivity index (χ2n) is 3.28. The van der Waals surface area contributed by atoms with E-state index < -0.39 is 0 Å². The first-order valence-electron chi connectivity index (χ1n) is 4.88. The molecule has 17 heavy (non-hydrogen) atoms. The SMILES string of the molecule is COc1ccc(NC(C)=O)cc1NC(=O)CBr. The molecule has 1 aromatic rings. The lowest BCUT2D eigenvalue weighted by Gasteiger charge is -2.11. The van der Waals surface area contributed by atoms with Crippen LogP contribution in [0.2, 0.25) is 0 Å². The fourth-order valence-electron chi connectivity index (χ4n) is 1.27. The smallest absolute Gasteiger partial charge is 0.235 e. The fraction of sp³-hybridized carbons (Fsp3) is 0.273. The van der Waals surface area contributed by atoms with Crippen LogP contribution in [0.1, 0.15) is 6.92 Å². The second kappa shape index (κ2) is 6.24.